The quantitative estimate of drug-likeness (QED) is 0.315. The summed E-state index contributed by atoms with van der Waals surface area (Å²) in [5.41, 5.74) is 0. The van der Waals surface area contributed by atoms with Crippen LogP contribution in [0.15, 0.2) is 0 Å². The minimum atomic E-state index is 0. The predicted molar refractivity (Wildman–Crippen MR) is 31.0 cm³/mol. The van der Waals surface area contributed by atoms with Crippen molar-refractivity contribution in [3.63, 3.8) is 0 Å². The number of hydrogen-bond donors (Lipinski definition) is 0. The second kappa shape index (κ2) is 3.42. The fourth-order valence-corrected chi connectivity index (χ4v) is 1.37. The van der Waals surface area contributed by atoms with Crippen molar-refractivity contribution in [2.75, 3.05) is 0 Å². The molecule has 42 valence electrons. The summed E-state index contributed by atoms with van der Waals surface area (Å²) < 4.78 is 0. The molecule has 0 aromatic heterocycles. The summed E-state index contributed by atoms with van der Waals surface area (Å²) in [5.74, 6) is 3.00. The Labute approximate surface area is 77.3 Å². The molecule has 0 aliphatic heterocycles. The van der Waals surface area contributed by atoms with E-state index in [0.29, 0.717) is 0 Å². The van der Waals surface area contributed by atoms with Gasteiger partial charge in [-0.2, -0.15) is 18.8 Å². The zero-order chi connectivity index (χ0) is 3.98. The van der Waals surface area contributed by atoms with Crippen LogP contribution < -0.4 is 17.0 Å². The van der Waals surface area contributed by atoms with E-state index >= 15 is 0 Å². The molecule has 0 N–H and O–H groups in total. The Balaban J connectivity index is 0.000000245. The molecule has 0 atom stereocenters. The molecule has 0 spiro atoms. The first-order chi connectivity index (χ1) is 2.97. The second-order valence-electron chi connectivity index (χ2n) is 2.43. The van der Waals surface area contributed by atoms with Crippen LogP contribution in [0, 0.1) is 11.8 Å². The monoisotopic (exact) mass is 184 g/mol. The minimum absolute atomic E-state index is 0. The number of halogens is 1. The normalized spacial score (nSPS) is 25.5. The van der Waals surface area contributed by atoms with Crippen molar-refractivity contribution in [1.29, 1.82) is 0 Å². The van der Waals surface area contributed by atoms with E-state index in [2.05, 4.69) is 0 Å². The summed E-state index contributed by atoms with van der Waals surface area (Å²) in [4.78, 5) is 0. The van der Waals surface area contributed by atoms with Crippen molar-refractivity contribution in [1.82, 2.24) is 0 Å². The van der Waals surface area contributed by atoms with E-state index in [-0.39, 0.29) is 40.0 Å². The number of hydrogen-bond acceptors (Lipinski definition) is 0. The largest absolute Gasteiger partial charge is 2.00 e. The number of rotatable bonds is 0. The fraction of sp³-hybridized carbons (Fsp3) is 0.833. The summed E-state index contributed by atoms with van der Waals surface area (Å²) in [5, 5.41) is 0. The van der Waals surface area contributed by atoms with Crippen LogP contribution in [-0.2, 0) is 0 Å². The van der Waals surface area contributed by atoms with Gasteiger partial charge in [-0.1, -0.05) is 0 Å². The molecule has 8 heavy (non-hydrogen) atoms. The molecule has 0 nitrogen and oxygen atoms in total. The van der Waals surface area contributed by atoms with E-state index in [9.17, 15) is 0 Å². The van der Waals surface area contributed by atoms with Gasteiger partial charge in [0.1, 0.15) is 0 Å². The third-order valence-corrected chi connectivity index (χ3v) is 2.21. The molecule has 0 aromatic rings. The first kappa shape index (κ1) is 9.25. The van der Waals surface area contributed by atoms with Crippen molar-refractivity contribution in [2.45, 2.75) is 25.7 Å². The number of fused-ring (bicyclic) bond motifs is 1. The van der Waals surface area contributed by atoms with Gasteiger partial charge in [0.05, 0.1) is 0 Å². The molecule has 2 fully saturated rings. The first-order valence-corrected chi connectivity index (χ1v) is 2.81. The van der Waals surface area contributed by atoms with E-state index in [0.717, 1.165) is 5.92 Å². The average molecular weight is 185 g/mol. The molecule has 0 radical (unpaired) electrons. The maximum atomic E-state index is 1.87. The van der Waals surface area contributed by atoms with Gasteiger partial charge in [-0.3, -0.25) is 0 Å². The van der Waals surface area contributed by atoms with Gasteiger partial charge < -0.3 is 22.9 Å². The van der Waals surface area contributed by atoms with Crippen molar-refractivity contribution in [3.8, 4) is 0 Å². The zero-order valence-corrected chi connectivity index (χ0v) is 7.99. The molecule has 0 bridgehead atoms. The van der Waals surface area contributed by atoms with E-state index in [1.54, 1.807) is 0 Å². The summed E-state index contributed by atoms with van der Waals surface area (Å²) in [6.07, 6.45) is 6.00. The Morgan fingerprint density at radius 1 is 1.12 bits per heavy atom. The summed E-state index contributed by atoms with van der Waals surface area (Å²) >= 11 is 0. The van der Waals surface area contributed by atoms with Crippen LogP contribution in [-0.4, -0.2) is 23.1 Å². The minimum Gasteiger partial charge on any atom is -1.00 e. The van der Waals surface area contributed by atoms with Crippen LogP contribution in [0.5, 0.6) is 0 Å². The summed E-state index contributed by atoms with van der Waals surface area (Å²) in [6.45, 7) is 0. The van der Waals surface area contributed by atoms with Crippen molar-refractivity contribution in [2.24, 2.45) is 5.92 Å². The topological polar surface area (TPSA) is 0 Å². The van der Waals surface area contributed by atoms with Gasteiger partial charge >= 0.3 is 23.1 Å². The van der Waals surface area contributed by atoms with E-state index in [1.165, 1.54) is 25.7 Å². The van der Waals surface area contributed by atoms with Crippen LogP contribution >= 0.6 is 0 Å². The Bertz CT molecular complexity index is 56.9. The Kier molecular flexibility index (Phi) is 3.96. The maximum absolute atomic E-state index is 1.87. The third-order valence-electron chi connectivity index (χ3n) is 2.21. The van der Waals surface area contributed by atoms with Gasteiger partial charge in [0, 0.05) is 0 Å². The van der Waals surface area contributed by atoms with Gasteiger partial charge in [0.25, 0.3) is 0 Å². The molecule has 0 aromatic carbocycles. The molecule has 2 heteroatoms. The molecular formula is C6H9BrMg. The molecule has 0 saturated heterocycles. The van der Waals surface area contributed by atoms with Gasteiger partial charge in [0.2, 0.25) is 0 Å². The van der Waals surface area contributed by atoms with Crippen LogP contribution in [0.1, 0.15) is 25.7 Å². The van der Waals surface area contributed by atoms with Gasteiger partial charge in [-0.25, -0.2) is 0 Å². The molecule has 2 rings (SSSR count). The standard InChI is InChI=1S/C6H9.BrH.Mg/c1-2-6-4-3-5(1)6;;/h5H,1-4H2;1H;/q-1;;+2/p-1. The van der Waals surface area contributed by atoms with Crippen molar-refractivity contribution < 1.29 is 17.0 Å². The Morgan fingerprint density at radius 3 is 1.50 bits per heavy atom. The molecule has 2 saturated carbocycles. The third kappa shape index (κ3) is 1.22. The molecule has 0 unspecified atom stereocenters. The molecule has 0 heterocycles. The SMILES string of the molecule is C1CC2CC[C-]12.[Br-].[Mg+2]. The Hall–Kier alpha value is 1.25. The van der Waals surface area contributed by atoms with Crippen molar-refractivity contribution in [3.05, 3.63) is 5.92 Å². The van der Waals surface area contributed by atoms with E-state index in [4.69, 9.17) is 0 Å². The first-order valence-electron chi connectivity index (χ1n) is 2.81. The maximum Gasteiger partial charge on any atom is 2.00 e. The van der Waals surface area contributed by atoms with E-state index < -0.39 is 0 Å². The van der Waals surface area contributed by atoms with Gasteiger partial charge in [0.15, 0.2) is 0 Å². The van der Waals surface area contributed by atoms with Crippen LogP contribution in [0.2, 0.25) is 0 Å². The Morgan fingerprint density at radius 2 is 1.50 bits per heavy atom. The fourth-order valence-electron chi connectivity index (χ4n) is 1.37. The summed E-state index contributed by atoms with van der Waals surface area (Å²) in [6, 6.07) is 0. The van der Waals surface area contributed by atoms with Gasteiger partial charge in [-0.05, 0) is 0 Å². The molecular weight excluding hydrogens is 176 g/mol. The van der Waals surface area contributed by atoms with Crippen LogP contribution in [0.3, 0.4) is 0 Å². The molecule has 2 aliphatic carbocycles. The smallest absolute Gasteiger partial charge is 1.00 e. The predicted octanol–water partition coefficient (Wildman–Crippen LogP) is -1.61. The van der Waals surface area contributed by atoms with Gasteiger partial charge in [-0.15, -0.1) is 12.8 Å². The van der Waals surface area contributed by atoms with E-state index in [1.807, 2.05) is 5.92 Å². The average Bonchev–Trinajstić information content (AvgIpc) is 1.54. The molecule has 0 amide bonds. The second-order valence-corrected chi connectivity index (χ2v) is 2.43. The van der Waals surface area contributed by atoms with Crippen LogP contribution in [0.4, 0.5) is 0 Å². The molecule has 2 aliphatic rings. The summed E-state index contributed by atoms with van der Waals surface area (Å²) in [7, 11) is 0. The van der Waals surface area contributed by atoms with Crippen molar-refractivity contribution >= 4 is 23.1 Å². The van der Waals surface area contributed by atoms with Crippen LogP contribution in [0.25, 0.3) is 0 Å². The zero-order valence-electron chi connectivity index (χ0n) is 4.99.